The lowest BCUT2D eigenvalue weighted by atomic mass is 10.0. The molecule has 0 amide bonds. The Morgan fingerprint density at radius 1 is 1.03 bits per heavy atom. The Morgan fingerprint density at radius 2 is 1.78 bits per heavy atom. The van der Waals surface area contributed by atoms with Crippen LogP contribution in [0.15, 0.2) is 59.8 Å². The summed E-state index contributed by atoms with van der Waals surface area (Å²) >= 11 is 6.57. The van der Waals surface area contributed by atoms with Gasteiger partial charge in [-0.15, -0.1) is 0 Å². The molecule has 0 saturated carbocycles. The number of hydrogen-bond acceptors (Lipinski definition) is 8. The van der Waals surface area contributed by atoms with Crippen molar-refractivity contribution in [3.8, 4) is 5.95 Å². The first-order valence-electron chi connectivity index (χ1n) is 11.7. The van der Waals surface area contributed by atoms with E-state index in [1.165, 1.54) is 0 Å². The van der Waals surface area contributed by atoms with E-state index >= 15 is 0 Å². The molecule has 0 atom stereocenters. The second kappa shape index (κ2) is 9.29. The third kappa shape index (κ3) is 4.75. The van der Waals surface area contributed by atoms with Crippen molar-refractivity contribution in [3.63, 3.8) is 0 Å². The van der Waals surface area contributed by atoms with Gasteiger partial charge in [0.1, 0.15) is 5.02 Å². The fraction of sp³-hybridized carbons (Fsp3) is 0.231. The first kappa shape index (κ1) is 24.4. The zero-order valence-corrected chi connectivity index (χ0v) is 21.9. The number of anilines is 3. The van der Waals surface area contributed by atoms with Gasteiger partial charge in [0.25, 0.3) is 11.5 Å². The Bertz CT molecular complexity index is 1680. The number of aromatic nitrogens is 7. The molecule has 4 aromatic heterocycles. The highest BCUT2D eigenvalue weighted by molar-refractivity contribution is 6.33. The van der Waals surface area contributed by atoms with Gasteiger partial charge in [0, 0.05) is 48.5 Å². The van der Waals surface area contributed by atoms with E-state index in [1.54, 1.807) is 47.0 Å². The number of hydrogen-bond donors (Lipinski definition) is 2. The van der Waals surface area contributed by atoms with E-state index < -0.39 is 5.54 Å². The van der Waals surface area contributed by atoms with Crippen molar-refractivity contribution in [1.82, 2.24) is 34.3 Å². The van der Waals surface area contributed by atoms with Crippen LogP contribution in [0.1, 0.15) is 31.1 Å². The van der Waals surface area contributed by atoms with Crippen molar-refractivity contribution in [2.24, 2.45) is 7.05 Å². The fourth-order valence-electron chi connectivity index (χ4n) is 4.05. The molecule has 0 fully saturated rings. The maximum Gasteiger partial charge on any atom is 0.252 e. The standard InChI is InChI=1S/C26H26ClN9O/c1-15-9-12-36(34-15)25-30-16(2)22(27)23(32-25)31-17-7-8-20-18(13-17)19(14-21(37)35(20)5)33-26(3,4)24-28-10-6-11-29-24/h6-14,33H,1-5H3,(H,30,31,32). The molecule has 0 aliphatic rings. The number of nitrogens with zero attached hydrogens (tertiary/aromatic N) is 7. The van der Waals surface area contributed by atoms with Crippen LogP contribution in [-0.2, 0) is 12.6 Å². The van der Waals surface area contributed by atoms with Crippen LogP contribution in [-0.4, -0.2) is 34.3 Å². The average Bonchev–Trinajstić information content (AvgIpc) is 3.31. The minimum Gasteiger partial charge on any atom is -0.372 e. The summed E-state index contributed by atoms with van der Waals surface area (Å²) in [6, 6.07) is 10.9. The van der Waals surface area contributed by atoms with Gasteiger partial charge in [-0.1, -0.05) is 11.6 Å². The molecule has 0 unspecified atom stereocenters. The highest BCUT2D eigenvalue weighted by atomic mass is 35.5. The lowest BCUT2D eigenvalue weighted by molar-refractivity contribution is 0.563. The Morgan fingerprint density at radius 3 is 2.49 bits per heavy atom. The van der Waals surface area contributed by atoms with Gasteiger partial charge in [-0.05, 0) is 58.0 Å². The predicted octanol–water partition coefficient (Wildman–Crippen LogP) is 4.67. The zero-order chi connectivity index (χ0) is 26.3. The van der Waals surface area contributed by atoms with Gasteiger partial charge in [-0.3, -0.25) is 4.79 Å². The summed E-state index contributed by atoms with van der Waals surface area (Å²) in [5.41, 5.74) is 2.89. The number of fused-ring (bicyclic) bond motifs is 1. The van der Waals surface area contributed by atoms with Crippen LogP contribution in [0.4, 0.5) is 17.2 Å². The first-order chi connectivity index (χ1) is 17.6. The fourth-order valence-corrected chi connectivity index (χ4v) is 4.18. The Labute approximate surface area is 218 Å². The van der Waals surface area contributed by atoms with Crippen LogP contribution in [0.3, 0.4) is 0 Å². The maximum absolute atomic E-state index is 12.7. The van der Waals surface area contributed by atoms with E-state index in [2.05, 4.69) is 35.7 Å². The lowest BCUT2D eigenvalue weighted by Crippen LogP contribution is -2.31. The molecule has 11 heteroatoms. The third-order valence-corrected chi connectivity index (χ3v) is 6.47. The van der Waals surface area contributed by atoms with Crippen LogP contribution >= 0.6 is 11.6 Å². The van der Waals surface area contributed by atoms with E-state index in [0.29, 0.717) is 34.0 Å². The second-order valence-electron chi connectivity index (χ2n) is 9.31. The summed E-state index contributed by atoms with van der Waals surface area (Å²) in [5, 5.41) is 12.4. The van der Waals surface area contributed by atoms with E-state index in [9.17, 15) is 4.79 Å². The number of pyridine rings is 1. The number of nitrogens with one attached hydrogen (secondary N) is 2. The molecule has 0 aliphatic heterocycles. The van der Waals surface area contributed by atoms with E-state index in [1.807, 2.05) is 52.0 Å². The van der Waals surface area contributed by atoms with E-state index in [0.717, 1.165) is 22.3 Å². The molecule has 5 rings (SSSR count). The third-order valence-electron chi connectivity index (χ3n) is 6.01. The number of rotatable bonds is 6. The molecule has 1 aromatic carbocycles. The molecule has 2 N–H and O–H groups in total. The lowest BCUT2D eigenvalue weighted by Gasteiger charge is -2.27. The first-order valence-corrected chi connectivity index (χ1v) is 12.0. The van der Waals surface area contributed by atoms with Crippen LogP contribution in [0, 0.1) is 13.8 Å². The Kier molecular flexibility index (Phi) is 6.12. The Hall–Kier alpha value is -4.31. The van der Waals surface area contributed by atoms with Gasteiger partial charge in [-0.25, -0.2) is 19.6 Å². The molecular formula is C26H26ClN9O. The van der Waals surface area contributed by atoms with Gasteiger partial charge in [0.05, 0.1) is 22.4 Å². The maximum atomic E-state index is 12.7. The van der Waals surface area contributed by atoms with Gasteiger partial charge in [0.2, 0.25) is 0 Å². The smallest absolute Gasteiger partial charge is 0.252 e. The average molecular weight is 516 g/mol. The van der Waals surface area contributed by atoms with Crippen molar-refractivity contribution >= 4 is 39.7 Å². The summed E-state index contributed by atoms with van der Waals surface area (Å²) in [7, 11) is 1.75. The molecular weight excluding hydrogens is 490 g/mol. The normalized spacial score (nSPS) is 11.6. The van der Waals surface area contributed by atoms with Crippen LogP contribution in [0.25, 0.3) is 16.9 Å². The van der Waals surface area contributed by atoms with Crippen molar-refractivity contribution in [3.05, 3.63) is 87.6 Å². The molecule has 0 saturated heterocycles. The molecule has 4 heterocycles. The monoisotopic (exact) mass is 515 g/mol. The zero-order valence-electron chi connectivity index (χ0n) is 21.1. The molecule has 0 spiro atoms. The van der Waals surface area contributed by atoms with E-state index in [4.69, 9.17) is 11.6 Å². The van der Waals surface area contributed by atoms with Gasteiger partial charge >= 0.3 is 0 Å². The quantitative estimate of drug-likeness (QED) is 0.335. The van der Waals surface area contributed by atoms with Crippen molar-refractivity contribution in [1.29, 1.82) is 0 Å². The van der Waals surface area contributed by atoms with Crippen LogP contribution in [0.2, 0.25) is 5.02 Å². The summed E-state index contributed by atoms with van der Waals surface area (Å²) in [6.45, 7) is 7.66. The topological polar surface area (TPSA) is 115 Å². The SMILES string of the molecule is Cc1ccn(-c2nc(C)c(Cl)c(Nc3ccc4c(c3)c(NC(C)(C)c3ncccn3)cc(=O)n4C)n2)n1. The van der Waals surface area contributed by atoms with Crippen LogP contribution in [0.5, 0.6) is 0 Å². The largest absolute Gasteiger partial charge is 0.372 e. The van der Waals surface area contributed by atoms with Gasteiger partial charge in [0.15, 0.2) is 11.6 Å². The summed E-state index contributed by atoms with van der Waals surface area (Å²) in [4.78, 5) is 30.6. The Balaban J connectivity index is 1.57. The number of benzene rings is 1. The molecule has 0 radical (unpaired) electrons. The molecule has 5 aromatic rings. The van der Waals surface area contributed by atoms with Crippen molar-refractivity contribution < 1.29 is 0 Å². The predicted molar refractivity (Wildman–Crippen MR) is 145 cm³/mol. The minimum absolute atomic E-state index is 0.130. The van der Waals surface area contributed by atoms with Crippen molar-refractivity contribution in [2.45, 2.75) is 33.2 Å². The van der Waals surface area contributed by atoms with E-state index in [-0.39, 0.29) is 5.56 Å². The van der Waals surface area contributed by atoms with Crippen LogP contribution < -0.4 is 16.2 Å². The van der Waals surface area contributed by atoms with Crippen molar-refractivity contribution in [2.75, 3.05) is 10.6 Å². The molecule has 0 bridgehead atoms. The van der Waals surface area contributed by atoms with Gasteiger partial charge in [-0.2, -0.15) is 10.1 Å². The highest BCUT2D eigenvalue weighted by Gasteiger charge is 2.25. The number of halogens is 1. The molecule has 10 nitrogen and oxygen atoms in total. The summed E-state index contributed by atoms with van der Waals surface area (Å²) < 4.78 is 3.21. The minimum atomic E-state index is -0.631. The summed E-state index contributed by atoms with van der Waals surface area (Å²) in [5.74, 6) is 1.48. The molecule has 0 aliphatic carbocycles. The van der Waals surface area contributed by atoms with Gasteiger partial charge < -0.3 is 15.2 Å². The second-order valence-corrected chi connectivity index (χ2v) is 9.69. The number of aryl methyl sites for hydroxylation is 3. The summed E-state index contributed by atoms with van der Waals surface area (Å²) in [6.07, 6.45) is 5.19. The molecule has 188 valence electrons. The highest BCUT2D eigenvalue weighted by Crippen LogP contribution is 2.32. The molecule has 37 heavy (non-hydrogen) atoms.